The van der Waals surface area contributed by atoms with Crippen LogP contribution in [0, 0.1) is 0 Å². The number of nitrogens with zero attached hydrogens (tertiary/aromatic N) is 8. The minimum absolute atomic E-state index is 0.777. The Morgan fingerprint density at radius 3 is 0.580 bits per heavy atom. The molecule has 16 rings (SSSR count). The second-order valence-electron chi connectivity index (χ2n) is 21.9. The molecule has 0 radical (unpaired) electrons. The summed E-state index contributed by atoms with van der Waals surface area (Å²) < 4.78 is 4.77. The fourth-order valence-electron chi connectivity index (χ4n) is 12.9. The molecule has 0 spiro atoms. The van der Waals surface area contributed by atoms with Gasteiger partial charge >= 0.3 is 0 Å². The van der Waals surface area contributed by atoms with Crippen LogP contribution in [-0.4, -0.2) is 19.1 Å². The highest BCUT2D eigenvalue weighted by Gasteiger charge is 2.25. The lowest BCUT2D eigenvalue weighted by molar-refractivity contribution is 1.13. The van der Waals surface area contributed by atoms with Crippen LogP contribution in [0.2, 0.25) is 0 Å². The number of anilines is 12. The fraction of sp³-hybridized carbons (Fsp3) is 0. The lowest BCUT2D eigenvalue weighted by atomic mass is 10.1. The van der Waals surface area contributed by atoms with Crippen molar-refractivity contribution in [3.8, 4) is 11.4 Å². The van der Waals surface area contributed by atoms with Gasteiger partial charge in [0.05, 0.1) is 33.4 Å². The molecule has 0 fully saturated rings. The zero-order valence-electron chi connectivity index (χ0n) is 47.9. The van der Waals surface area contributed by atoms with Gasteiger partial charge < -0.3 is 28.7 Å². The van der Waals surface area contributed by atoms with Gasteiger partial charge in [0, 0.05) is 102 Å². The van der Waals surface area contributed by atoms with Gasteiger partial charge in [-0.2, -0.15) is 0 Å². The zero-order chi connectivity index (χ0) is 58.3. The van der Waals surface area contributed by atoms with Gasteiger partial charge in [0.1, 0.15) is 11.0 Å². The molecule has 8 nitrogen and oxygen atoms in total. The summed E-state index contributed by atoms with van der Waals surface area (Å²) in [5.74, 6) is 0. The first-order chi connectivity index (χ1) is 43.7. The summed E-state index contributed by atoms with van der Waals surface area (Å²) in [5.41, 5.74) is 20.3. The predicted molar refractivity (Wildman–Crippen MR) is 367 cm³/mol. The van der Waals surface area contributed by atoms with Crippen LogP contribution in [-0.2, 0) is 0 Å². The molecule has 0 saturated carbocycles. The Morgan fingerprint density at radius 1 is 0.193 bits per heavy atom. The van der Waals surface area contributed by atoms with Crippen LogP contribution in [0.5, 0.6) is 0 Å². The smallest absolute Gasteiger partial charge is 0.115 e. The van der Waals surface area contributed by atoms with Gasteiger partial charge in [-0.3, -0.25) is 9.97 Å². The van der Waals surface area contributed by atoms with E-state index in [9.17, 15) is 0 Å². The Balaban J connectivity index is 0.928. The van der Waals surface area contributed by atoms with Gasteiger partial charge in [-0.05, 0) is 182 Å². The van der Waals surface area contributed by atoms with Crippen molar-refractivity contribution in [2.24, 2.45) is 0 Å². The Labute approximate surface area is 510 Å². The molecule has 0 aliphatic carbocycles. The molecule has 8 heteroatoms. The fourth-order valence-corrected chi connectivity index (χ4v) is 12.9. The summed E-state index contributed by atoms with van der Waals surface area (Å²) in [6.45, 7) is 0. The molecule has 0 unspecified atom stereocenters. The van der Waals surface area contributed by atoms with Gasteiger partial charge in [0.2, 0.25) is 0 Å². The summed E-state index contributed by atoms with van der Waals surface area (Å²) >= 11 is 0. The second kappa shape index (κ2) is 22.2. The number of para-hydroxylation sites is 8. The van der Waals surface area contributed by atoms with Crippen molar-refractivity contribution in [2.45, 2.75) is 0 Å². The molecule has 3 aromatic heterocycles. The molecule has 0 N–H and O–H groups in total. The molecular weight excluding hydrogens is 1070 g/mol. The highest BCUT2D eigenvalue weighted by atomic mass is 15.2. The van der Waals surface area contributed by atoms with Crippen molar-refractivity contribution in [1.82, 2.24) is 19.1 Å². The van der Waals surface area contributed by atoms with E-state index in [4.69, 9.17) is 9.97 Å². The van der Waals surface area contributed by atoms with Crippen molar-refractivity contribution in [3.05, 3.63) is 340 Å². The molecule has 0 saturated heterocycles. The van der Waals surface area contributed by atoms with E-state index in [0.717, 1.165) is 134 Å². The largest absolute Gasteiger partial charge is 0.310 e. The molecule has 13 aromatic carbocycles. The van der Waals surface area contributed by atoms with E-state index in [-0.39, 0.29) is 0 Å². The van der Waals surface area contributed by atoms with Gasteiger partial charge in [-0.15, -0.1) is 0 Å². The van der Waals surface area contributed by atoms with Crippen LogP contribution >= 0.6 is 0 Å². The van der Waals surface area contributed by atoms with Gasteiger partial charge in [0.15, 0.2) is 0 Å². The monoisotopic (exact) mass is 1130 g/mol. The van der Waals surface area contributed by atoms with Crippen LogP contribution in [0.1, 0.15) is 0 Å². The van der Waals surface area contributed by atoms with Crippen LogP contribution in [0.3, 0.4) is 0 Å². The van der Waals surface area contributed by atoms with Gasteiger partial charge in [-0.25, -0.2) is 0 Å². The highest BCUT2D eigenvalue weighted by molar-refractivity contribution is 6.15. The lowest BCUT2D eigenvalue weighted by Crippen LogP contribution is -2.09. The molecule has 0 aliphatic heterocycles. The van der Waals surface area contributed by atoms with E-state index in [1.165, 1.54) is 0 Å². The Hall–Kier alpha value is -12.0. The maximum atomic E-state index is 5.31. The molecule has 3 heterocycles. The molecule has 0 bridgehead atoms. The maximum absolute atomic E-state index is 5.31. The van der Waals surface area contributed by atoms with E-state index in [1.54, 1.807) is 0 Å². The molecule has 0 amide bonds. The van der Waals surface area contributed by atoms with Gasteiger partial charge in [-0.1, -0.05) is 146 Å². The van der Waals surface area contributed by atoms with Crippen LogP contribution in [0.4, 0.5) is 68.2 Å². The summed E-state index contributed by atoms with van der Waals surface area (Å²) in [4.78, 5) is 20.0. The van der Waals surface area contributed by atoms with E-state index < -0.39 is 0 Å². The maximum Gasteiger partial charge on any atom is 0.115 e. The average Bonchev–Trinajstić information content (AvgIpc) is 1.69. The van der Waals surface area contributed by atoms with E-state index in [1.807, 2.05) is 12.4 Å². The van der Waals surface area contributed by atoms with Crippen LogP contribution in [0.15, 0.2) is 340 Å². The number of benzene rings is 13. The molecule has 416 valence electrons. The minimum atomic E-state index is 0.777. The summed E-state index contributed by atoms with van der Waals surface area (Å²) in [6.07, 6.45) is 3.64. The van der Waals surface area contributed by atoms with Crippen molar-refractivity contribution in [2.75, 3.05) is 19.6 Å². The van der Waals surface area contributed by atoms with Crippen LogP contribution in [0.25, 0.3) is 66.0 Å². The number of rotatable bonds is 14. The minimum Gasteiger partial charge on any atom is -0.310 e. The quantitative estimate of drug-likeness (QED) is 0.108. The third kappa shape index (κ3) is 9.11. The number of fused-ring (bicyclic) bond motifs is 7. The normalized spacial score (nSPS) is 11.4. The topological polar surface area (TPSA) is 48.6 Å². The third-order valence-electron chi connectivity index (χ3n) is 16.7. The Bertz CT molecular complexity index is 4380. The van der Waals surface area contributed by atoms with Crippen molar-refractivity contribution in [1.29, 1.82) is 0 Å². The third-order valence-corrected chi connectivity index (χ3v) is 16.7. The summed E-state index contributed by atoms with van der Waals surface area (Å²) in [6, 6.07) is 117. The lowest BCUT2D eigenvalue weighted by Gasteiger charge is -2.26. The summed E-state index contributed by atoms with van der Waals surface area (Å²) in [7, 11) is 0. The van der Waals surface area contributed by atoms with E-state index in [0.29, 0.717) is 0 Å². The zero-order valence-corrected chi connectivity index (χ0v) is 47.9. The second-order valence-corrected chi connectivity index (χ2v) is 21.9. The first kappa shape index (κ1) is 51.6. The van der Waals surface area contributed by atoms with E-state index >= 15 is 0 Å². The predicted octanol–water partition coefficient (Wildman–Crippen LogP) is 21.7. The number of aromatic nitrogens is 4. The molecule has 88 heavy (non-hydrogen) atoms. The van der Waals surface area contributed by atoms with Crippen LogP contribution < -0.4 is 19.6 Å². The highest BCUT2D eigenvalue weighted by Crippen LogP contribution is 2.47. The Kier molecular flexibility index (Phi) is 13.0. The van der Waals surface area contributed by atoms with Gasteiger partial charge in [0.25, 0.3) is 0 Å². The van der Waals surface area contributed by atoms with Crippen molar-refractivity contribution < 1.29 is 0 Å². The molecule has 0 aliphatic rings. The first-order valence-corrected chi connectivity index (χ1v) is 29.7. The SMILES string of the molecule is c1ccc(N(c2ccccc2)c2ccc3c(c2)c2cc(N(c4ccccc4)c4ccccc4)ccc2n3-c2ccc(-n3c4ccc(N(c5ccccc5)c5ccccc5)cc4c4cc(N(c5ccccc5)c5ccccc5)ccc43)c3nccnc23)cc1. The van der Waals surface area contributed by atoms with Crippen molar-refractivity contribution in [3.63, 3.8) is 0 Å². The number of hydrogen-bond donors (Lipinski definition) is 0. The standard InChI is InChI=1S/C80H56N8/c1-9-25-57(26-10-1)83(58-27-11-2-12-28-58)65-41-45-73-69(53-65)70-54-66(84(59-29-13-3-14-30-59)60-31-15-4-16-32-60)42-46-74(70)87(73)77-49-50-78(80-79(77)81-51-52-82-80)88-75-47-43-67(85(61-33-17-5-18-34-61)62-35-19-6-20-36-62)55-71(75)72-56-68(44-48-76(72)88)86(63-37-21-7-22-38-63)64-39-23-8-24-40-64/h1-56H. The molecule has 0 atom stereocenters. The summed E-state index contributed by atoms with van der Waals surface area (Å²) in [5, 5.41) is 4.40. The number of hydrogen-bond acceptors (Lipinski definition) is 6. The molecular formula is C80H56N8. The molecule has 16 aromatic rings. The average molecular weight is 1130 g/mol. The Morgan fingerprint density at radius 2 is 0.386 bits per heavy atom. The van der Waals surface area contributed by atoms with Crippen molar-refractivity contribution >= 4 is 123 Å². The van der Waals surface area contributed by atoms with E-state index in [2.05, 4.69) is 356 Å². The first-order valence-electron chi connectivity index (χ1n) is 29.7.